The standard InChI is InChI=1S/C8H12N4O/c1-2-11-12-5-3-8(10)13-6(5)4-7(12)9/h3-4,11H,2,9-10H2,1H3. The maximum atomic E-state index is 5.73. The van der Waals surface area contributed by atoms with Gasteiger partial charge < -0.3 is 21.3 Å². The van der Waals surface area contributed by atoms with Crippen LogP contribution in [0.3, 0.4) is 0 Å². The number of anilines is 2. The summed E-state index contributed by atoms with van der Waals surface area (Å²) in [5.74, 6) is 1.02. The van der Waals surface area contributed by atoms with Crippen LogP contribution in [0.4, 0.5) is 11.7 Å². The van der Waals surface area contributed by atoms with E-state index in [2.05, 4.69) is 5.43 Å². The van der Waals surface area contributed by atoms with E-state index in [0.29, 0.717) is 17.3 Å². The number of hydrogen-bond donors (Lipinski definition) is 3. The predicted octanol–water partition coefficient (Wildman–Crippen LogP) is 0.962. The van der Waals surface area contributed by atoms with Crippen molar-refractivity contribution in [3.63, 3.8) is 0 Å². The number of fused-ring (bicyclic) bond motifs is 1. The Morgan fingerprint density at radius 3 is 2.92 bits per heavy atom. The molecule has 0 aliphatic carbocycles. The summed E-state index contributed by atoms with van der Waals surface area (Å²) in [6.07, 6.45) is 0. The molecule has 0 amide bonds. The highest BCUT2D eigenvalue weighted by molar-refractivity contribution is 5.82. The second-order valence-corrected chi connectivity index (χ2v) is 2.81. The largest absolute Gasteiger partial charge is 0.439 e. The van der Waals surface area contributed by atoms with E-state index in [1.54, 1.807) is 16.8 Å². The van der Waals surface area contributed by atoms with Crippen LogP contribution in [0.25, 0.3) is 11.1 Å². The molecule has 0 aromatic carbocycles. The lowest BCUT2D eigenvalue weighted by Crippen LogP contribution is -2.15. The molecule has 0 saturated carbocycles. The minimum atomic E-state index is 0.400. The lowest BCUT2D eigenvalue weighted by Gasteiger charge is -2.06. The van der Waals surface area contributed by atoms with Crippen molar-refractivity contribution in [2.75, 3.05) is 23.4 Å². The van der Waals surface area contributed by atoms with E-state index in [1.165, 1.54) is 0 Å². The fourth-order valence-electron chi connectivity index (χ4n) is 1.37. The van der Waals surface area contributed by atoms with Gasteiger partial charge in [-0.3, -0.25) is 0 Å². The summed E-state index contributed by atoms with van der Waals surface area (Å²) in [5, 5.41) is 0. The van der Waals surface area contributed by atoms with Crippen molar-refractivity contribution in [3.8, 4) is 0 Å². The molecular formula is C8H12N4O. The van der Waals surface area contributed by atoms with Crippen molar-refractivity contribution in [2.24, 2.45) is 0 Å². The first-order chi connectivity index (χ1) is 6.22. The molecule has 0 aliphatic rings. The smallest absolute Gasteiger partial charge is 0.193 e. The van der Waals surface area contributed by atoms with Gasteiger partial charge in [-0.15, -0.1) is 0 Å². The summed E-state index contributed by atoms with van der Waals surface area (Å²) in [4.78, 5) is 0. The van der Waals surface area contributed by atoms with Crippen molar-refractivity contribution in [1.82, 2.24) is 4.68 Å². The lowest BCUT2D eigenvalue weighted by atomic mass is 10.5. The summed E-state index contributed by atoms with van der Waals surface area (Å²) in [6.45, 7) is 2.79. The number of nitrogen functional groups attached to an aromatic ring is 2. The van der Waals surface area contributed by atoms with E-state index in [9.17, 15) is 0 Å². The zero-order chi connectivity index (χ0) is 9.42. The quantitative estimate of drug-likeness (QED) is 0.643. The molecule has 2 aromatic heterocycles. The van der Waals surface area contributed by atoms with Crippen LogP contribution in [0.1, 0.15) is 6.92 Å². The average Bonchev–Trinajstić information content (AvgIpc) is 2.52. The van der Waals surface area contributed by atoms with Gasteiger partial charge in [0.25, 0.3) is 0 Å². The third kappa shape index (κ3) is 1.09. The number of furan rings is 1. The first-order valence-corrected chi connectivity index (χ1v) is 4.12. The van der Waals surface area contributed by atoms with Gasteiger partial charge in [0, 0.05) is 18.7 Å². The molecular weight excluding hydrogens is 168 g/mol. The van der Waals surface area contributed by atoms with Gasteiger partial charge in [0.1, 0.15) is 11.3 Å². The molecule has 5 nitrogen and oxygen atoms in total. The second kappa shape index (κ2) is 2.62. The molecule has 2 rings (SSSR count). The number of nitrogens with zero attached hydrogens (tertiary/aromatic N) is 1. The Morgan fingerprint density at radius 2 is 2.23 bits per heavy atom. The summed E-state index contributed by atoms with van der Waals surface area (Å²) >= 11 is 0. The first kappa shape index (κ1) is 7.85. The van der Waals surface area contributed by atoms with Gasteiger partial charge in [-0.1, -0.05) is 0 Å². The topological polar surface area (TPSA) is 82.1 Å². The first-order valence-electron chi connectivity index (χ1n) is 4.12. The van der Waals surface area contributed by atoms with Crippen molar-refractivity contribution in [2.45, 2.75) is 6.92 Å². The van der Waals surface area contributed by atoms with Crippen LogP contribution in [0.15, 0.2) is 16.5 Å². The van der Waals surface area contributed by atoms with Gasteiger partial charge in [0.05, 0.1) is 0 Å². The SMILES string of the molecule is CCNn1c(N)cc2oc(N)cc21. The van der Waals surface area contributed by atoms with Crippen LogP contribution in [0.5, 0.6) is 0 Å². The minimum absolute atomic E-state index is 0.400. The Balaban J connectivity index is 2.61. The van der Waals surface area contributed by atoms with E-state index < -0.39 is 0 Å². The highest BCUT2D eigenvalue weighted by Gasteiger charge is 2.09. The van der Waals surface area contributed by atoms with Gasteiger partial charge >= 0.3 is 0 Å². The van der Waals surface area contributed by atoms with Crippen LogP contribution < -0.4 is 16.9 Å². The molecule has 5 N–H and O–H groups in total. The van der Waals surface area contributed by atoms with Crippen LogP contribution in [0, 0.1) is 0 Å². The lowest BCUT2D eigenvalue weighted by molar-refractivity contribution is 0.638. The molecule has 0 saturated heterocycles. The van der Waals surface area contributed by atoms with Gasteiger partial charge in [0.2, 0.25) is 0 Å². The molecule has 0 aliphatic heterocycles. The average molecular weight is 180 g/mol. The number of aromatic nitrogens is 1. The van der Waals surface area contributed by atoms with Gasteiger partial charge in [-0.25, -0.2) is 4.68 Å². The van der Waals surface area contributed by atoms with E-state index in [-0.39, 0.29) is 0 Å². The van der Waals surface area contributed by atoms with Crippen molar-refractivity contribution in [1.29, 1.82) is 0 Å². The maximum Gasteiger partial charge on any atom is 0.193 e. The fraction of sp³-hybridized carbons (Fsp3) is 0.250. The Bertz CT molecular complexity index is 428. The summed E-state index contributed by atoms with van der Waals surface area (Å²) in [5.41, 5.74) is 15.9. The number of hydrogen-bond acceptors (Lipinski definition) is 4. The zero-order valence-corrected chi connectivity index (χ0v) is 7.37. The van der Waals surface area contributed by atoms with Crippen LogP contribution >= 0.6 is 0 Å². The highest BCUT2D eigenvalue weighted by atomic mass is 16.3. The van der Waals surface area contributed by atoms with Crippen LogP contribution in [-0.2, 0) is 0 Å². The third-order valence-electron chi connectivity index (χ3n) is 1.85. The van der Waals surface area contributed by atoms with Gasteiger partial charge in [-0.2, -0.15) is 0 Å². The van der Waals surface area contributed by atoms with Crippen LogP contribution in [-0.4, -0.2) is 11.2 Å². The van der Waals surface area contributed by atoms with E-state index in [0.717, 1.165) is 12.1 Å². The van der Waals surface area contributed by atoms with E-state index in [4.69, 9.17) is 15.9 Å². The molecule has 70 valence electrons. The third-order valence-corrected chi connectivity index (χ3v) is 1.85. The second-order valence-electron chi connectivity index (χ2n) is 2.81. The van der Waals surface area contributed by atoms with Gasteiger partial charge in [0.15, 0.2) is 11.5 Å². The predicted molar refractivity (Wildman–Crippen MR) is 52.9 cm³/mol. The summed E-state index contributed by atoms with van der Waals surface area (Å²) in [6, 6.07) is 3.49. The molecule has 5 heteroatoms. The van der Waals surface area contributed by atoms with Crippen molar-refractivity contribution in [3.05, 3.63) is 12.1 Å². The molecule has 2 heterocycles. The van der Waals surface area contributed by atoms with Crippen molar-refractivity contribution >= 4 is 22.8 Å². The molecule has 0 radical (unpaired) electrons. The molecule has 0 unspecified atom stereocenters. The Labute approximate surface area is 75.3 Å². The number of rotatable bonds is 2. The molecule has 13 heavy (non-hydrogen) atoms. The monoisotopic (exact) mass is 180 g/mol. The maximum absolute atomic E-state index is 5.73. The molecule has 0 fully saturated rings. The zero-order valence-electron chi connectivity index (χ0n) is 7.37. The Kier molecular flexibility index (Phi) is 1.58. The molecule has 2 aromatic rings. The molecule has 0 spiro atoms. The minimum Gasteiger partial charge on any atom is -0.439 e. The highest BCUT2D eigenvalue weighted by Crippen LogP contribution is 2.25. The van der Waals surface area contributed by atoms with E-state index in [1.807, 2.05) is 6.92 Å². The van der Waals surface area contributed by atoms with Crippen molar-refractivity contribution < 1.29 is 4.42 Å². The van der Waals surface area contributed by atoms with Crippen LogP contribution in [0.2, 0.25) is 0 Å². The summed E-state index contributed by atoms with van der Waals surface area (Å²) < 4.78 is 6.97. The normalized spacial score (nSPS) is 10.8. The number of nitrogens with two attached hydrogens (primary N) is 2. The molecule has 0 bridgehead atoms. The Morgan fingerprint density at radius 1 is 1.46 bits per heavy atom. The van der Waals surface area contributed by atoms with Gasteiger partial charge in [-0.05, 0) is 6.92 Å². The number of nitrogens with one attached hydrogen (secondary N) is 1. The Hall–Kier alpha value is -1.78. The van der Waals surface area contributed by atoms with E-state index >= 15 is 0 Å². The molecule has 0 atom stereocenters. The fourth-order valence-corrected chi connectivity index (χ4v) is 1.37. The summed E-state index contributed by atoms with van der Waals surface area (Å²) in [7, 11) is 0.